The van der Waals surface area contributed by atoms with E-state index < -0.39 is 5.41 Å². The van der Waals surface area contributed by atoms with Crippen molar-refractivity contribution in [2.45, 2.75) is 5.41 Å². The number of rotatable bonds is 5. The molecule has 8 aromatic carbocycles. The topological polar surface area (TPSA) is 38.7 Å². The smallest absolute Gasteiger partial charge is 0.160 e. The summed E-state index contributed by atoms with van der Waals surface area (Å²) in [4.78, 5) is 16.0. The summed E-state index contributed by atoms with van der Waals surface area (Å²) in [7, 11) is 0. The highest BCUT2D eigenvalue weighted by Crippen LogP contribution is 2.65. The molecule has 0 bridgehead atoms. The van der Waals surface area contributed by atoms with Crippen molar-refractivity contribution in [1.82, 2.24) is 15.0 Å². The summed E-state index contributed by atoms with van der Waals surface area (Å²) in [5.41, 5.74) is 18.6. The molecule has 1 atom stereocenters. The summed E-state index contributed by atoms with van der Waals surface area (Å²) >= 11 is 0. The van der Waals surface area contributed by atoms with Crippen molar-refractivity contribution in [1.29, 1.82) is 0 Å². The van der Waals surface area contributed by atoms with Crippen LogP contribution in [0.5, 0.6) is 0 Å². The molecule has 3 heteroatoms. The molecule has 0 fully saturated rings. The lowest BCUT2D eigenvalue weighted by Crippen LogP contribution is -2.26. The number of nitrogens with zero attached hydrogens (tertiary/aromatic N) is 3. The van der Waals surface area contributed by atoms with Crippen LogP contribution in [0.15, 0.2) is 212 Å². The van der Waals surface area contributed by atoms with Crippen LogP contribution in [0.3, 0.4) is 0 Å². The van der Waals surface area contributed by atoms with Crippen LogP contribution in [-0.2, 0) is 5.41 Å². The first-order valence-corrected chi connectivity index (χ1v) is 20.2. The highest BCUT2D eigenvalue weighted by atomic mass is 14.9. The third-order valence-electron chi connectivity index (χ3n) is 12.3. The average molecular weight is 750 g/mol. The van der Waals surface area contributed by atoms with E-state index in [1.807, 2.05) is 12.1 Å². The molecule has 0 aliphatic heterocycles. The Balaban J connectivity index is 1.10. The molecule has 2 aromatic heterocycles. The van der Waals surface area contributed by atoms with E-state index in [4.69, 9.17) is 15.0 Å². The van der Waals surface area contributed by atoms with Crippen molar-refractivity contribution in [3.63, 3.8) is 0 Å². The molecule has 2 aliphatic carbocycles. The molecule has 59 heavy (non-hydrogen) atoms. The molecule has 10 aromatic rings. The normalized spacial score (nSPS) is 14.5. The summed E-state index contributed by atoms with van der Waals surface area (Å²) < 4.78 is 0. The van der Waals surface area contributed by atoms with Gasteiger partial charge < -0.3 is 0 Å². The Morgan fingerprint density at radius 3 is 1.49 bits per heavy atom. The predicted octanol–water partition coefficient (Wildman–Crippen LogP) is 13.7. The lowest BCUT2D eigenvalue weighted by Gasteiger charge is -2.31. The van der Waals surface area contributed by atoms with Gasteiger partial charge in [-0.15, -0.1) is 0 Å². The largest absolute Gasteiger partial charge is 0.247 e. The molecular weight excluding hydrogens is 715 g/mol. The van der Waals surface area contributed by atoms with Gasteiger partial charge >= 0.3 is 0 Å². The first kappa shape index (κ1) is 33.4. The molecule has 12 rings (SSSR count). The number of hydrogen-bond acceptors (Lipinski definition) is 3. The molecule has 2 aliphatic rings. The molecule has 274 valence electrons. The standard InChI is InChI=1S/C56H35N3/c1-4-18-36(19-5-1)49-35-50(37-20-6-2-7-21-37)58-55(57-49)40-25-16-24-39(34-40)41-30-17-33-48-51(41)44-28-12-14-31-46(44)56(48)47-32-15-13-29-45(47)54-52(56)42-26-10-11-27-43(42)53(59-54)38-22-8-3-9-23-38/h1-35H. The first-order chi connectivity index (χ1) is 29.3. The van der Waals surface area contributed by atoms with Gasteiger partial charge in [-0.3, -0.25) is 0 Å². The van der Waals surface area contributed by atoms with Crippen LogP contribution in [0, 0.1) is 0 Å². The summed E-state index contributed by atoms with van der Waals surface area (Å²) in [5, 5.41) is 2.39. The summed E-state index contributed by atoms with van der Waals surface area (Å²) in [6, 6.07) is 75.9. The van der Waals surface area contributed by atoms with E-state index in [0.29, 0.717) is 5.82 Å². The van der Waals surface area contributed by atoms with Crippen molar-refractivity contribution < 1.29 is 0 Å². The van der Waals surface area contributed by atoms with Crippen LogP contribution in [0.1, 0.15) is 22.3 Å². The van der Waals surface area contributed by atoms with E-state index >= 15 is 0 Å². The third kappa shape index (κ3) is 4.98. The fraction of sp³-hybridized carbons (Fsp3) is 0.0179. The van der Waals surface area contributed by atoms with Gasteiger partial charge in [-0.1, -0.05) is 200 Å². The number of benzene rings is 8. The second-order valence-electron chi connectivity index (χ2n) is 15.4. The van der Waals surface area contributed by atoms with Crippen molar-refractivity contribution in [3.8, 4) is 78.7 Å². The van der Waals surface area contributed by atoms with E-state index in [9.17, 15) is 0 Å². The van der Waals surface area contributed by atoms with Gasteiger partial charge in [-0.05, 0) is 56.5 Å². The van der Waals surface area contributed by atoms with Crippen LogP contribution in [0.25, 0.3) is 89.4 Å². The highest BCUT2D eigenvalue weighted by Gasteiger charge is 2.53. The van der Waals surface area contributed by atoms with Crippen LogP contribution < -0.4 is 0 Å². The summed E-state index contributed by atoms with van der Waals surface area (Å²) in [6.07, 6.45) is 0. The van der Waals surface area contributed by atoms with Crippen molar-refractivity contribution >= 4 is 10.8 Å². The van der Waals surface area contributed by atoms with E-state index in [1.165, 1.54) is 49.9 Å². The van der Waals surface area contributed by atoms with Crippen molar-refractivity contribution in [2.75, 3.05) is 0 Å². The van der Waals surface area contributed by atoms with Crippen molar-refractivity contribution in [2.24, 2.45) is 0 Å². The minimum absolute atomic E-state index is 0.564. The Hall–Kier alpha value is -7.75. The van der Waals surface area contributed by atoms with E-state index in [0.717, 1.165) is 56.0 Å². The Morgan fingerprint density at radius 1 is 0.305 bits per heavy atom. The maximum atomic E-state index is 5.63. The zero-order valence-corrected chi connectivity index (χ0v) is 32.0. The Morgan fingerprint density at radius 2 is 0.797 bits per heavy atom. The first-order valence-electron chi connectivity index (χ1n) is 20.2. The number of fused-ring (bicyclic) bond motifs is 12. The molecule has 1 spiro atoms. The molecule has 0 saturated carbocycles. The molecule has 3 nitrogen and oxygen atoms in total. The molecule has 2 heterocycles. The molecular formula is C56H35N3. The fourth-order valence-electron chi connectivity index (χ4n) is 9.85. The zero-order chi connectivity index (χ0) is 38.9. The van der Waals surface area contributed by atoms with Gasteiger partial charge in [0.15, 0.2) is 5.82 Å². The molecule has 0 amide bonds. The predicted molar refractivity (Wildman–Crippen MR) is 241 cm³/mol. The van der Waals surface area contributed by atoms with E-state index in [1.54, 1.807) is 0 Å². The Labute approximate surface area is 343 Å². The summed E-state index contributed by atoms with van der Waals surface area (Å²) in [6.45, 7) is 0. The minimum Gasteiger partial charge on any atom is -0.247 e. The van der Waals surface area contributed by atoms with Crippen LogP contribution >= 0.6 is 0 Å². The maximum absolute atomic E-state index is 5.63. The SMILES string of the molecule is c1ccc(-c2cc(-c3ccccc3)nc(-c3cccc(-c4cccc5c4-c4ccccc4C54c5ccccc5-c5nc(-c6ccccc6)c6ccccc6c54)c3)n2)cc1. The van der Waals surface area contributed by atoms with Gasteiger partial charge in [-0.2, -0.15) is 0 Å². The lowest BCUT2D eigenvalue weighted by atomic mass is 9.69. The van der Waals surface area contributed by atoms with Crippen LogP contribution in [0.2, 0.25) is 0 Å². The van der Waals surface area contributed by atoms with Gasteiger partial charge in [0.25, 0.3) is 0 Å². The lowest BCUT2D eigenvalue weighted by molar-refractivity contribution is 0.800. The van der Waals surface area contributed by atoms with Gasteiger partial charge in [-0.25, -0.2) is 15.0 Å². The number of hydrogen-bond donors (Lipinski definition) is 0. The third-order valence-corrected chi connectivity index (χ3v) is 12.3. The average Bonchev–Trinajstić information content (AvgIpc) is 3.79. The molecule has 0 saturated heterocycles. The van der Waals surface area contributed by atoms with Crippen LogP contribution in [-0.4, -0.2) is 15.0 Å². The number of aromatic nitrogens is 3. The van der Waals surface area contributed by atoms with Crippen LogP contribution in [0.4, 0.5) is 0 Å². The Kier molecular flexibility index (Phi) is 7.45. The Bertz CT molecular complexity index is 3210. The molecule has 1 unspecified atom stereocenters. The second-order valence-corrected chi connectivity index (χ2v) is 15.4. The molecule has 0 N–H and O–H groups in total. The van der Waals surface area contributed by atoms with Gasteiger partial charge in [0.05, 0.1) is 28.2 Å². The minimum atomic E-state index is -0.564. The fourth-order valence-corrected chi connectivity index (χ4v) is 9.85. The van der Waals surface area contributed by atoms with Gasteiger partial charge in [0.2, 0.25) is 0 Å². The van der Waals surface area contributed by atoms with Gasteiger partial charge in [0.1, 0.15) is 0 Å². The quantitative estimate of drug-likeness (QED) is 0.176. The van der Waals surface area contributed by atoms with Crippen molar-refractivity contribution in [3.05, 3.63) is 235 Å². The highest BCUT2D eigenvalue weighted by molar-refractivity contribution is 6.08. The number of pyridine rings is 1. The second kappa shape index (κ2) is 13.2. The monoisotopic (exact) mass is 749 g/mol. The molecule has 0 radical (unpaired) electrons. The van der Waals surface area contributed by atoms with Gasteiger partial charge in [0, 0.05) is 38.8 Å². The zero-order valence-electron chi connectivity index (χ0n) is 32.0. The summed E-state index contributed by atoms with van der Waals surface area (Å²) in [5.74, 6) is 0.696. The maximum Gasteiger partial charge on any atom is 0.160 e. The van der Waals surface area contributed by atoms with E-state index in [2.05, 4.69) is 200 Å². The van der Waals surface area contributed by atoms with E-state index in [-0.39, 0.29) is 0 Å².